The van der Waals surface area contributed by atoms with Crippen LogP contribution in [0.5, 0.6) is 0 Å². The highest BCUT2D eigenvalue weighted by Crippen LogP contribution is 2.21. The number of carbonyl (C=O) groups is 2. The lowest BCUT2D eigenvalue weighted by molar-refractivity contribution is -0.143. The number of aromatic nitrogens is 1. The molecule has 2 aromatic carbocycles. The lowest BCUT2D eigenvalue weighted by atomic mass is 10.2. The maximum atomic E-state index is 12.2. The van der Waals surface area contributed by atoms with Crippen molar-refractivity contribution in [2.75, 3.05) is 6.61 Å². The van der Waals surface area contributed by atoms with Gasteiger partial charge in [-0.05, 0) is 31.2 Å². The molecule has 0 radical (unpaired) electrons. The molecule has 3 rings (SSSR count). The molecule has 8 heteroatoms. The van der Waals surface area contributed by atoms with Gasteiger partial charge in [-0.3, -0.25) is 9.59 Å². The van der Waals surface area contributed by atoms with Crippen LogP contribution in [0.25, 0.3) is 10.9 Å². The summed E-state index contributed by atoms with van der Waals surface area (Å²) in [6.45, 7) is 2.18. The number of benzene rings is 2. The summed E-state index contributed by atoms with van der Waals surface area (Å²) in [5.41, 5.74) is 4.33. The Morgan fingerprint density at radius 1 is 1.21 bits per heavy atom. The Balaban J connectivity index is 1.80. The van der Waals surface area contributed by atoms with Crippen LogP contribution in [0.1, 0.15) is 22.8 Å². The topological polar surface area (TPSA) is 72.7 Å². The van der Waals surface area contributed by atoms with Crippen LogP contribution in [-0.4, -0.2) is 29.3 Å². The van der Waals surface area contributed by atoms with Gasteiger partial charge in [-0.1, -0.05) is 41.4 Å². The Hall–Kier alpha value is -2.83. The smallest absolute Gasteiger partial charge is 0.325 e. The first-order chi connectivity index (χ1) is 13.5. The van der Waals surface area contributed by atoms with Gasteiger partial charge in [0.25, 0.3) is 5.91 Å². The molecule has 3 aromatic rings. The summed E-state index contributed by atoms with van der Waals surface area (Å²) in [6, 6.07) is 12.2. The predicted octanol–water partition coefficient (Wildman–Crippen LogP) is 4.28. The summed E-state index contributed by atoms with van der Waals surface area (Å²) in [7, 11) is 0. The molecule has 0 unspecified atom stereocenters. The summed E-state index contributed by atoms with van der Waals surface area (Å²) in [5.74, 6) is -0.773. The minimum Gasteiger partial charge on any atom is -0.465 e. The van der Waals surface area contributed by atoms with Crippen molar-refractivity contribution in [1.29, 1.82) is 0 Å². The molecule has 0 saturated heterocycles. The first-order valence-electron chi connectivity index (χ1n) is 8.51. The number of ether oxygens (including phenoxy) is 1. The maximum Gasteiger partial charge on any atom is 0.325 e. The zero-order valence-electron chi connectivity index (χ0n) is 15.0. The molecular weight excluding hydrogens is 401 g/mol. The van der Waals surface area contributed by atoms with Crippen LogP contribution in [0.3, 0.4) is 0 Å². The lowest BCUT2D eigenvalue weighted by Crippen LogP contribution is -2.18. The van der Waals surface area contributed by atoms with E-state index in [2.05, 4.69) is 10.5 Å². The number of para-hydroxylation sites is 1. The lowest BCUT2D eigenvalue weighted by Gasteiger charge is -2.04. The fourth-order valence-electron chi connectivity index (χ4n) is 2.75. The molecule has 1 heterocycles. The zero-order chi connectivity index (χ0) is 20.1. The molecule has 1 N–H and O–H groups in total. The fourth-order valence-corrected chi connectivity index (χ4v) is 3.24. The number of esters is 1. The van der Waals surface area contributed by atoms with Gasteiger partial charge in [0.1, 0.15) is 6.54 Å². The monoisotopic (exact) mass is 417 g/mol. The number of fused-ring (bicyclic) bond motifs is 1. The van der Waals surface area contributed by atoms with Crippen LogP contribution in [0.15, 0.2) is 53.8 Å². The second kappa shape index (κ2) is 8.91. The van der Waals surface area contributed by atoms with Gasteiger partial charge >= 0.3 is 5.97 Å². The third-order valence-corrected chi connectivity index (χ3v) is 4.52. The van der Waals surface area contributed by atoms with Gasteiger partial charge in [-0.2, -0.15) is 5.10 Å². The molecule has 144 valence electrons. The van der Waals surface area contributed by atoms with Crippen LogP contribution in [0, 0.1) is 0 Å². The van der Waals surface area contributed by atoms with Gasteiger partial charge in [0.2, 0.25) is 0 Å². The van der Waals surface area contributed by atoms with E-state index in [1.54, 1.807) is 23.8 Å². The number of hydrogen-bond acceptors (Lipinski definition) is 4. The minimum absolute atomic E-state index is 0.0922. The van der Waals surface area contributed by atoms with Crippen molar-refractivity contribution in [2.24, 2.45) is 5.10 Å². The summed E-state index contributed by atoms with van der Waals surface area (Å²) in [6.07, 6.45) is 3.30. The molecule has 0 aliphatic rings. The Kier molecular flexibility index (Phi) is 6.34. The Morgan fingerprint density at radius 3 is 2.75 bits per heavy atom. The highest BCUT2D eigenvalue weighted by atomic mass is 35.5. The molecule has 1 aromatic heterocycles. The minimum atomic E-state index is -0.451. The molecule has 0 fully saturated rings. The molecular formula is C20H17Cl2N3O3. The predicted molar refractivity (Wildman–Crippen MR) is 110 cm³/mol. The van der Waals surface area contributed by atoms with Crippen molar-refractivity contribution in [3.63, 3.8) is 0 Å². The molecule has 0 atom stereocenters. The van der Waals surface area contributed by atoms with Gasteiger partial charge in [0, 0.05) is 27.7 Å². The van der Waals surface area contributed by atoms with Crippen molar-refractivity contribution in [3.8, 4) is 0 Å². The second-order valence-electron chi connectivity index (χ2n) is 5.86. The standard InChI is InChI=1S/C20H17Cl2N3O3/c1-2-28-19(26)12-25-11-13(15-5-3-4-6-18(15)25)10-23-24-20(27)16-8-7-14(21)9-17(16)22/h3-11H,2,12H2,1H3,(H,24,27)/b23-10+. The molecule has 0 spiro atoms. The maximum absolute atomic E-state index is 12.2. The van der Waals surface area contributed by atoms with Crippen molar-refractivity contribution >= 4 is 52.2 Å². The molecule has 1 amide bonds. The SMILES string of the molecule is CCOC(=O)Cn1cc(/C=N/NC(=O)c2ccc(Cl)cc2Cl)c2ccccc21. The number of halogens is 2. The van der Waals surface area contributed by atoms with Crippen LogP contribution in [-0.2, 0) is 16.1 Å². The number of hydrogen-bond donors (Lipinski definition) is 1. The molecule has 28 heavy (non-hydrogen) atoms. The first-order valence-corrected chi connectivity index (χ1v) is 9.27. The van der Waals surface area contributed by atoms with E-state index in [4.69, 9.17) is 27.9 Å². The summed E-state index contributed by atoms with van der Waals surface area (Å²) >= 11 is 11.9. The number of carbonyl (C=O) groups excluding carboxylic acids is 2. The van der Waals surface area contributed by atoms with Crippen molar-refractivity contribution in [1.82, 2.24) is 9.99 Å². The molecule has 0 aliphatic heterocycles. The van der Waals surface area contributed by atoms with Crippen molar-refractivity contribution < 1.29 is 14.3 Å². The highest BCUT2D eigenvalue weighted by molar-refractivity contribution is 6.36. The Bertz CT molecular complexity index is 1060. The van der Waals surface area contributed by atoms with E-state index in [-0.39, 0.29) is 23.1 Å². The van der Waals surface area contributed by atoms with E-state index in [0.29, 0.717) is 11.6 Å². The highest BCUT2D eigenvalue weighted by Gasteiger charge is 2.12. The largest absolute Gasteiger partial charge is 0.465 e. The fraction of sp³-hybridized carbons (Fsp3) is 0.150. The van der Waals surface area contributed by atoms with E-state index in [0.717, 1.165) is 16.5 Å². The van der Waals surface area contributed by atoms with Gasteiger partial charge in [-0.25, -0.2) is 5.43 Å². The Labute approximate surface area is 171 Å². The number of hydrazone groups is 1. The van der Waals surface area contributed by atoms with Gasteiger partial charge in [0.05, 0.1) is 23.4 Å². The number of amides is 1. The van der Waals surface area contributed by atoms with E-state index < -0.39 is 5.91 Å². The van der Waals surface area contributed by atoms with E-state index in [9.17, 15) is 9.59 Å². The van der Waals surface area contributed by atoms with Gasteiger partial charge < -0.3 is 9.30 Å². The molecule has 6 nitrogen and oxygen atoms in total. The zero-order valence-corrected chi connectivity index (χ0v) is 16.5. The molecule has 0 aliphatic carbocycles. The van der Waals surface area contributed by atoms with Gasteiger partial charge in [-0.15, -0.1) is 0 Å². The second-order valence-corrected chi connectivity index (χ2v) is 6.70. The average molecular weight is 418 g/mol. The van der Waals surface area contributed by atoms with Gasteiger partial charge in [0.15, 0.2) is 0 Å². The quantitative estimate of drug-likeness (QED) is 0.369. The number of nitrogens with zero attached hydrogens (tertiary/aromatic N) is 2. The molecule has 0 saturated carbocycles. The molecule has 0 bridgehead atoms. The first kappa shape index (κ1) is 19.9. The summed E-state index contributed by atoms with van der Waals surface area (Å²) in [5, 5.41) is 5.60. The van der Waals surface area contributed by atoms with E-state index in [1.807, 2.05) is 24.3 Å². The van der Waals surface area contributed by atoms with Crippen LogP contribution >= 0.6 is 23.2 Å². The van der Waals surface area contributed by atoms with Crippen LogP contribution in [0.2, 0.25) is 10.0 Å². The number of nitrogens with one attached hydrogen (secondary N) is 1. The number of rotatable bonds is 6. The normalized spacial score (nSPS) is 11.1. The third kappa shape index (κ3) is 4.52. The van der Waals surface area contributed by atoms with Crippen LogP contribution in [0.4, 0.5) is 0 Å². The van der Waals surface area contributed by atoms with Crippen molar-refractivity contribution in [3.05, 3.63) is 69.8 Å². The summed E-state index contributed by atoms with van der Waals surface area (Å²) < 4.78 is 6.80. The average Bonchev–Trinajstić information content (AvgIpc) is 2.99. The van der Waals surface area contributed by atoms with Crippen molar-refractivity contribution in [2.45, 2.75) is 13.5 Å². The summed E-state index contributed by atoms with van der Waals surface area (Å²) in [4.78, 5) is 24.1. The Morgan fingerprint density at radius 2 is 2.00 bits per heavy atom. The van der Waals surface area contributed by atoms with E-state index in [1.165, 1.54) is 18.3 Å². The van der Waals surface area contributed by atoms with Crippen LogP contribution < -0.4 is 5.43 Å². The third-order valence-electron chi connectivity index (χ3n) is 3.97. The van der Waals surface area contributed by atoms with E-state index >= 15 is 0 Å².